The number of anilines is 2. The van der Waals surface area contributed by atoms with Gasteiger partial charge in [0.2, 0.25) is 5.91 Å². The Morgan fingerprint density at radius 2 is 1.42 bits per heavy atom. The van der Waals surface area contributed by atoms with E-state index in [4.69, 9.17) is 16.4 Å². The zero-order chi connectivity index (χ0) is 23.3. The van der Waals surface area contributed by atoms with Crippen molar-refractivity contribution in [3.8, 4) is 0 Å². The molecule has 2 aliphatic rings. The lowest BCUT2D eigenvalue weighted by Gasteiger charge is -2.29. The van der Waals surface area contributed by atoms with Crippen molar-refractivity contribution in [2.45, 2.75) is 38.3 Å². The zero-order valence-electron chi connectivity index (χ0n) is 18.7. The lowest BCUT2D eigenvalue weighted by Crippen LogP contribution is -2.37. The Kier molecular flexibility index (Phi) is 5.26. The van der Waals surface area contributed by atoms with Gasteiger partial charge in [-0.15, -0.1) is 0 Å². The second-order valence-corrected chi connectivity index (χ2v) is 9.95. The fourth-order valence-electron chi connectivity index (χ4n) is 4.58. The van der Waals surface area contributed by atoms with E-state index in [0.717, 1.165) is 11.3 Å². The zero-order valence-corrected chi connectivity index (χ0v) is 19.5. The Labute approximate surface area is 198 Å². The van der Waals surface area contributed by atoms with Crippen molar-refractivity contribution >= 4 is 34.8 Å². The first-order valence-electron chi connectivity index (χ1n) is 11.0. The van der Waals surface area contributed by atoms with Crippen LogP contribution in [0.2, 0.25) is 5.02 Å². The molecule has 2 fully saturated rings. The van der Waals surface area contributed by atoms with Crippen LogP contribution in [0.4, 0.5) is 11.4 Å². The number of hydrogen-bond acceptors (Lipinski definition) is 4. The largest absolute Gasteiger partial charge is 0.273 e. The van der Waals surface area contributed by atoms with Crippen LogP contribution in [0, 0.1) is 5.92 Å². The summed E-state index contributed by atoms with van der Waals surface area (Å²) in [7, 11) is 0. The number of imide groups is 1. The molecule has 168 valence electrons. The average Bonchev–Trinajstić information content (AvgIpc) is 3.31. The molecular formula is C27H25ClN2O3. The van der Waals surface area contributed by atoms with E-state index < -0.39 is 18.1 Å². The second kappa shape index (κ2) is 8.01. The van der Waals surface area contributed by atoms with Crippen LogP contribution in [-0.4, -0.2) is 17.9 Å². The molecule has 0 unspecified atom stereocenters. The van der Waals surface area contributed by atoms with E-state index in [-0.39, 0.29) is 17.2 Å². The minimum Gasteiger partial charge on any atom is -0.273 e. The van der Waals surface area contributed by atoms with Crippen LogP contribution in [0.25, 0.3) is 0 Å². The van der Waals surface area contributed by atoms with Crippen molar-refractivity contribution in [2.75, 3.05) is 9.96 Å². The van der Waals surface area contributed by atoms with Gasteiger partial charge >= 0.3 is 0 Å². The summed E-state index contributed by atoms with van der Waals surface area (Å²) in [5, 5.41) is 2.26. The van der Waals surface area contributed by atoms with Crippen LogP contribution in [0.5, 0.6) is 0 Å². The molecule has 2 heterocycles. The summed E-state index contributed by atoms with van der Waals surface area (Å²) in [6.45, 7) is 6.49. The fraction of sp³-hybridized carbons (Fsp3) is 0.259. The molecule has 2 saturated heterocycles. The number of fused-ring (bicyclic) bond motifs is 1. The van der Waals surface area contributed by atoms with Gasteiger partial charge in [0.1, 0.15) is 5.92 Å². The SMILES string of the molecule is CC(C)(C)c1ccc([C@H]2[C@H]3C(=O)N(c4ccc(Cl)cc4)C(=O)[C@H]3ON2c2ccccc2)cc1. The molecule has 33 heavy (non-hydrogen) atoms. The van der Waals surface area contributed by atoms with Gasteiger partial charge in [0, 0.05) is 5.02 Å². The van der Waals surface area contributed by atoms with Gasteiger partial charge in [-0.25, -0.2) is 9.96 Å². The summed E-state index contributed by atoms with van der Waals surface area (Å²) in [6, 6.07) is 24.1. The van der Waals surface area contributed by atoms with Gasteiger partial charge in [-0.2, -0.15) is 0 Å². The number of carbonyl (C=O) groups excluding carboxylic acids is 2. The molecule has 0 aromatic heterocycles. The van der Waals surface area contributed by atoms with Gasteiger partial charge in [0.05, 0.1) is 17.4 Å². The predicted molar refractivity (Wildman–Crippen MR) is 129 cm³/mol. The molecule has 6 heteroatoms. The van der Waals surface area contributed by atoms with E-state index in [1.165, 1.54) is 10.5 Å². The van der Waals surface area contributed by atoms with Crippen molar-refractivity contribution in [3.63, 3.8) is 0 Å². The minimum atomic E-state index is -0.888. The molecule has 3 atom stereocenters. The lowest BCUT2D eigenvalue weighted by atomic mass is 9.84. The van der Waals surface area contributed by atoms with Crippen LogP contribution in [-0.2, 0) is 19.8 Å². The third kappa shape index (κ3) is 3.71. The molecule has 0 saturated carbocycles. The Hall–Kier alpha value is -3.15. The highest BCUT2D eigenvalue weighted by Gasteiger charge is 2.60. The van der Waals surface area contributed by atoms with Gasteiger partial charge in [0.15, 0.2) is 6.10 Å². The number of hydrogen-bond donors (Lipinski definition) is 0. The van der Waals surface area contributed by atoms with E-state index in [1.807, 2.05) is 42.5 Å². The number of para-hydroxylation sites is 1. The summed E-state index contributed by atoms with van der Waals surface area (Å²) >= 11 is 6.00. The Bertz CT molecular complexity index is 1190. The molecule has 0 aliphatic carbocycles. The van der Waals surface area contributed by atoms with Gasteiger partial charge < -0.3 is 0 Å². The van der Waals surface area contributed by atoms with Crippen molar-refractivity contribution in [3.05, 3.63) is 95.0 Å². The first-order chi connectivity index (χ1) is 15.8. The van der Waals surface area contributed by atoms with Crippen LogP contribution >= 0.6 is 11.6 Å². The van der Waals surface area contributed by atoms with Crippen LogP contribution in [0.1, 0.15) is 37.9 Å². The van der Waals surface area contributed by atoms with Gasteiger partial charge in [-0.05, 0) is 52.9 Å². The number of carbonyl (C=O) groups is 2. The van der Waals surface area contributed by atoms with Crippen LogP contribution in [0.3, 0.4) is 0 Å². The third-order valence-electron chi connectivity index (χ3n) is 6.33. The quantitative estimate of drug-likeness (QED) is 0.471. The van der Waals surface area contributed by atoms with Crippen molar-refractivity contribution in [1.29, 1.82) is 0 Å². The summed E-state index contributed by atoms with van der Waals surface area (Å²) < 4.78 is 0. The summed E-state index contributed by atoms with van der Waals surface area (Å²) in [5.41, 5.74) is 3.44. The molecule has 2 aliphatic heterocycles. The maximum absolute atomic E-state index is 13.6. The van der Waals surface area contributed by atoms with Crippen molar-refractivity contribution < 1.29 is 14.4 Å². The van der Waals surface area contributed by atoms with Crippen LogP contribution in [0.15, 0.2) is 78.9 Å². The molecule has 0 N–H and O–H groups in total. The number of halogens is 1. The fourth-order valence-corrected chi connectivity index (χ4v) is 4.70. The Balaban J connectivity index is 1.57. The smallest absolute Gasteiger partial charge is 0.266 e. The highest BCUT2D eigenvalue weighted by molar-refractivity contribution is 6.31. The summed E-state index contributed by atoms with van der Waals surface area (Å²) in [6.07, 6.45) is -0.888. The maximum atomic E-state index is 13.6. The van der Waals surface area contributed by atoms with E-state index in [9.17, 15) is 9.59 Å². The van der Waals surface area contributed by atoms with Crippen molar-refractivity contribution in [2.24, 2.45) is 5.92 Å². The first-order valence-corrected chi connectivity index (χ1v) is 11.4. The van der Waals surface area contributed by atoms with E-state index in [1.54, 1.807) is 29.3 Å². The first kappa shape index (κ1) is 21.7. The Morgan fingerprint density at radius 1 is 0.788 bits per heavy atom. The number of benzene rings is 3. The predicted octanol–water partition coefficient (Wildman–Crippen LogP) is 5.69. The maximum Gasteiger partial charge on any atom is 0.266 e. The van der Waals surface area contributed by atoms with E-state index in [0.29, 0.717) is 10.7 Å². The van der Waals surface area contributed by atoms with E-state index >= 15 is 0 Å². The highest BCUT2D eigenvalue weighted by atomic mass is 35.5. The van der Waals surface area contributed by atoms with E-state index in [2.05, 4.69) is 32.9 Å². The molecule has 3 aromatic rings. The molecule has 5 nitrogen and oxygen atoms in total. The molecule has 3 aromatic carbocycles. The Morgan fingerprint density at radius 3 is 2.03 bits per heavy atom. The van der Waals surface area contributed by atoms with Gasteiger partial charge in [0.25, 0.3) is 5.91 Å². The monoisotopic (exact) mass is 460 g/mol. The second-order valence-electron chi connectivity index (χ2n) is 9.52. The van der Waals surface area contributed by atoms with Gasteiger partial charge in [-0.1, -0.05) is 74.8 Å². The summed E-state index contributed by atoms with van der Waals surface area (Å²) in [4.78, 5) is 34.4. The van der Waals surface area contributed by atoms with Crippen molar-refractivity contribution in [1.82, 2.24) is 0 Å². The molecule has 2 amide bonds. The summed E-state index contributed by atoms with van der Waals surface area (Å²) in [5.74, 6) is -1.29. The average molecular weight is 461 g/mol. The standard InChI is InChI=1S/C27H25ClN2O3/c1-27(2,3)18-11-9-17(10-12-18)23-22-24(33-30(23)21-7-5-4-6-8-21)26(32)29(25(22)31)20-15-13-19(28)14-16-20/h4-16,22-24H,1-3H3/t22-,23+,24+/m1/s1. The van der Waals surface area contributed by atoms with Crippen LogP contribution < -0.4 is 9.96 Å². The minimum absolute atomic E-state index is 0.0108. The number of nitrogens with zero attached hydrogens (tertiary/aromatic N) is 2. The molecule has 5 rings (SSSR count). The molecular weight excluding hydrogens is 436 g/mol. The highest BCUT2D eigenvalue weighted by Crippen LogP contribution is 2.47. The number of rotatable bonds is 3. The lowest BCUT2D eigenvalue weighted by molar-refractivity contribution is -0.126. The van der Waals surface area contributed by atoms with Gasteiger partial charge in [-0.3, -0.25) is 14.4 Å². The number of amides is 2. The topological polar surface area (TPSA) is 49.9 Å². The number of hydroxylamine groups is 1. The molecule has 0 bridgehead atoms. The third-order valence-corrected chi connectivity index (χ3v) is 6.58. The molecule has 0 radical (unpaired) electrons. The normalized spacial score (nSPS) is 22.7. The molecule has 0 spiro atoms.